The molecule has 0 atom stereocenters. The highest BCUT2D eigenvalue weighted by atomic mass is 35.5. The lowest BCUT2D eigenvalue weighted by Crippen LogP contribution is -1.88. The van der Waals surface area contributed by atoms with Crippen molar-refractivity contribution in [3.05, 3.63) is 47.6 Å². The second kappa shape index (κ2) is 4.86. The number of hydrogen-bond donors (Lipinski definition) is 0. The van der Waals surface area contributed by atoms with Gasteiger partial charge in [0, 0.05) is 6.07 Å². The van der Waals surface area contributed by atoms with Crippen LogP contribution in [0.3, 0.4) is 0 Å². The Kier molecular flexibility index (Phi) is 3.27. The highest BCUT2D eigenvalue weighted by Crippen LogP contribution is 2.22. The summed E-state index contributed by atoms with van der Waals surface area (Å²) in [7, 11) is 1.61. The quantitative estimate of drug-likeness (QED) is 0.764. The van der Waals surface area contributed by atoms with Gasteiger partial charge in [0.25, 0.3) is 0 Å². The average molecular weight is 235 g/mol. The second-order valence-electron chi connectivity index (χ2n) is 2.99. The van der Waals surface area contributed by atoms with Crippen LogP contribution in [-0.2, 0) is 0 Å². The molecule has 0 amide bonds. The molecule has 3 nitrogen and oxygen atoms in total. The summed E-state index contributed by atoms with van der Waals surface area (Å²) in [6.45, 7) is 0. The third-order valence-corrected chi connectivity index (χ3v) is 2.12. The van der Waals surface area contributed by atoms with Gasteiger partial charge in [0.15, 0.2) is 0 Å². The molecule has 0 saturated heterocycles. The standard InChI is InChI=1S/C12H9ClNO2/c1-15-9-5-7-10(8-6-9)16-12-4-2-3-11(13)14-12/h2-3,5-8H,1H3. The molecule has 0 bridgehead atoms. The molecule has 16 heavy (non-hydrogen) atoms. The molecular weight excluding hydrogens is 226 g/mol. The van der Waals surface area contributed by atoms with Crippen molar-refractivity contribution in [3.8, 4) is 17.4 Å². The van der Waals surface area contributed by atoms with Crippen LogP contribution < -0.4 is 9.47 Å². The number of pyridine rings is 1. The number of rotatable bonds is 3. The highest BCUT2D eigenvalue weighted by molar-refractivity contribution is 6.29. The number of nitrogens with zero attached hydrogens (tertiary/aromatic N) is 1. The predicted octanol–water partition coefficient (Wildman–Crippen LogP) is 3.34. The smallest absolute Gasteiger partial charge is 0.228 e. The lowest BCUT2D eigenvalue weighted by Gasteiger charge is -2.05. The van der Waals surface area contributed by atoms with Crippen LogP contribution in [0, 0.1) is 6.07 Å². The van der Waals surface area contributed by atoms with Gasteiger partial charge < -0.3 is 9.47 Å². The van der Waals surface area contributed by atoms with Gasteiger partial charge in [-0.1, -0.05) is 11.6 Å². The van der Waals surface area contributed by atoms with Crippen molar-refractivity contribution in [1.29, 1.82) is 0 Å². The zero-order valence-electron chi connectivity index (χ0n) is 8.61. The van der Waals surface area contributed by atoms with E-state index in [4.69, 9.17) is 21.1 Å². The zero-order valence-corrected chi connectivity index (χ0v) is 9.36. The molecule has 1 aromatic heterocycles. The lowest BCUT2D eigenvalue weighted by molar-refractivity contribution is 0.412. The monoisotopic (exact) mass is 234 g/mol. The molecule has 2 rings (SSSR count). The number of hydrogen-bond acceptors (Lipinski definition) is 3. The number of methoxy groups -OCH3 is 1. The van der Waals surface area contributed by atoms with E-state index in [1.54, 1.807) is 43.5 Å². The van der Waals surface area contributed by atoms with Crippen molar-refractivity contribution in [3.63, 3.8) is 0 Å². The van der Waals surface area contributed by atoms with Crippen molar-refractivity contribution in [2.24, 2.45) is 0 Å². The van der Waals surface area contributed by atoms with Crippen molar-refractivity contribution < 1.29 is 9.47 Å². The Morgan fingerprint density at radius 1 is 1.12 bits per heavy atom. The van der Waals surface area contributed by atoms with E-state index in [1.165, 1.54) is 0 Å². The summed E-state index contributed by atoms with van der Waals surface area (Å²) in [6, 6.07) is 13.3. The first-order valence-corrected chi connectivity index (χ1v) is 5.02. The topological polar surface area (TPSA) is 31.4 Å². The summed E-state index contributed by atoms with van der Waals surface area (Å²) in [5, 5.41) is 0.377. The second-order valence-corrected chi connectivity index (χ2v) is 3.38. The van der Waals surface area contributed by atoms with Crippen LogP contribution in [0.4, 0.5) is 0 Å². The zero-order chi connectivity index (χ0) is 11.4. The van der Waals surface area contributed by atoms with E-state index in [9.17, 15) is 0 Å². The van der Waals surface area contributed by atoms with Crippen LogP contribution in [0.5, 0.6) is 17.4 Å². The fourth-order valence-electron chi connectivity index (χ4n) is 1.16. The molecule has 1 aromatic carbocycles. The maximum absolute atomic E-state index is 5.73. The maximum Gasteiger partial charge on any atom is 0.228 e. The largest absolute Gasteiger partial charge is 0.497 e. The molecule has 4 heteroatoms. The van der Waals surface area contributed by atoms with Gasteiger partial charge in [0.05, 0.1) is 7.11 Å². The number of ether oxygens (including phenoxy) is 2. The van der Waals surface area contributed by atoms with Gasteiger partial charge in [-0.25, -0.2) is 4.98 Å². The Labute approximate surface area is 98.6 Å². The molecule has 0 aliphatic rings. The molecule has 0 aliphatic heterocycles. The number of aromatic nitrogens is 1. The molecule has 0 saturated carbocycles. The third-order valence-electron chi connectivity index (χ3n) is 1.91. The minimum absolute atomic E-state index is 0.345. The van der Waals surface area contributed by atoms with Gasteiger partial charge in [-0.15, -0.1) is 0 Å². The summed E-state index contributed by atoms with van der Waals surface area (Å²) in [5.74, 6) is 1.78. The van der Waals surface area contributed by atoms with Crippen molar-refractivity contribution in [1.82, 2.24) is 4.98 Å². The molecule has 2 aromatic rings. The van der Waals surface area contributed by atoms with E-state index in [-0.39, 0.29) is 0 Å². The highest BCUT2D eigenvalue weighted by Gasteiger charge is 2.00. The fourth-order valence-corrected chi connectivity index (χ4v) is 1.30. The summed E-state index contributed by atoms with van der Waals surface area (Å²) < 4.78 is 10.5. The van der Waals surface area contributed by atoms with Crippen LogP contribution in [0.2, 0.25) is 5.15 Å². The molecule has 0 N–H and O–H groups in total. The van der Waals surface area contributed by atoms with E-state index < -0.39 is 0 Å². The minimum atomic E-state index is 0.345. The van der Waals surface area contributed by atoms with Gasteiger partial charge in [0.1, 0.15) is 16.7 Å². The summed E-state index contributed by atoms with van der Waals surface area (Å²) in [5.41, 5.74) is 0. The van der Waals surface area contributed by atoms with Gasteiger partial charge >= 0.3 is 0 Å². The van der Waals surface area contributed by atoms with E-state index in [2.05, 4.69) is 11.1 Å². The Morgan fingerprint density at radius 3 is 2.44 bits per heavy atom. The maximum atomic E-state index is 5.73. The SMILES string of the molecule is COc1ccc(Oc2[c]ccc(Cl)n2)cc1. The summed E-state index contributed by atoms with van der Waals surface area (Å²) in [6.07, 6.45) is 0. The van der Waals surface area contributed by atoms with Crippen molar-refractivity contribution >= 4 is 11.6 Å². The van der Waals surface area contributed by atoms with Gasteiger partial charge in [-0.2, -0.15) is 0 Å². The fraction of sp³-hybridized carbons (Fsp3) is 0.0833. The normalized spacial score (nSPS) is 9.88. The van der Waals surface area contributed by atoms with Crippen LogP contribution in [0.25, 0.3) is 0 Å². The first-order valence-electron chi connectivity index (χ1n) is 4.64. The third kappa shape index (κ3) is 2.64. The first-order chi connectivity index (χ1) is 7.78. The number of benzene rings is 1. The van der Waals surface area contributed by atoms with E-state index in [0.717, 1.165) is 5.75 Å². The van der Waals surface area contributed by atoms with Gasteiger partial charge in [0.2, 0.25) is 5.88 Å². The van der Waals surface area contributed by atoms with Gasteiger partial charge in [-0.3, -0.25) is 0 Å². The van der Waals surface area contributed by atoms with E-state index in [0.29, 0.717) is 16.8 Å². The Morgan fingerprint density at radius 2 is 1.81 bits per heavy atom. The molecule has 0 fully saturated rings. The Hall–Kier alpha value is -1.74. The van der Waals surface area contributed by atoms with E-state index in [1.807, 2.05) is 0 Å². The van der Waals surface area contributed by atoms with Crippen LogP contribution in [0.1, 0.15) is 0 Å². The minimum Gasteiger partial charge on any atom is -0.497 e. The van der Waals surface area contributed by atoms with Crippen molar-refractivity contribution in [2.75, 3.05) is 7.11 Å². The van der Waals surface area contributed by atoms with Crippen molar-refractivity contribution in [2.45, 2.75) is 0 Å². The van der Waals surface area contributed by atoms with Gasteiger partial charge in [-0.05, 0) is 36.4 Å². The van der Waals surface area contributed by atoms with Crippen LogP contribution in [-0.4, -0.2) is 12.1 Å². The van der Waals surface area contributed by atoms with Crippen LogP contribution in [0.15, 0.2) is 36.4 Å². The molecule has 0 unspecified atom stereocenters. The molecule has 1 radical (unpaired) electrons. The van der Waals surface area contributed by atoms with Crippen LogP contribution >= 0.6 is 11.6 Å². The molecular formula is C12H9ClNO2. The van der Waals surface area contributed by atoms with E-state index >= 15 is 0 Å². The Balaban J connectivity index is 2.14. The average Bonchev–Trinajstić information content (AvgIpc) is 2.30. The Bertz CT molecular complexity index is 471. The molecule has 81 valence electrons. The first kappa shape index (κ1) is 10.8. The lowest BCUT2D eigenvalue weighted by atomic mass is 10.3. The number of halogens is 1. The molecule has 1 heterocycles. The molecule has 0 aliphatic carbocycles. The molecule has 0 spiro atoms. The summed E-state index contributed by atoms with van der Waals surface area (Å²) >= 11 is 5.73. The predicted molar refractivity (Wildman–Crippen MR) is 61.2 cm³/mol. The summed E-state index contributed by atoms with van der Waals surface area (Å²) in [4.78, 5) is 3.97.